The number of non-ortho nitro benzene ring substituents is 1. The zero-order valence-electron chi connectivity index (χ0n) is 11.4. The lowest BCUT2D eigenvalue weighted by atomic mass is 10.2. The van der Waals surface area contributed by atoms with Crippen LogP contribution in [0.3, 0.4) is 0 Å². The van der Waals surface area contributed by atoms with Crippen molar-refractivity contribution >= 4 is 55.3 Å². The van der Waals surface area contributed by atoms with Crippen LogP contribution in [0.5, 0.6) is 0 Å². The number of nitrogens with zero attached hydrogens (tertiary/aromatic N) is 2. The predicted molar refractivity (Wildman–Crippen MR) is 94.2 cm³/mol. The fourth-order valence-corrected chi connectivity index (χ4v) is 3.95. The Morgan fingerprint density at radius 1 is 1.30 bits per heavy atom. The summed E-state index contributed by atoms with van der Waals surface area (Å²) in [7, 11) is 0. The lowest BCUT2D eigenvalue weighted by Gasteiger charge is -2.01. The molecule has 23 heavy (non-hydrogen) atoms. The second-order valence-electron chi connectivity index (χ2n) is 4.40. The molecule has 1 N–H and O–H groups in total. The molecule has 3 rings (SSSR count). The van der Waals surface area contributed by atoms with Gasteiger partial charge in [0, 0.05) is 23.1 Å². The van der Waals surface area contributed by atoms with Gasteiger partial charge in [-0.15, -0.1) is 22.7 Å². The number of nitro benzene ring substituents is 1. The second kappa shape index (κ2) is 6.57. The monoisotopic (exact) mass is 409 g/mol. The fraction of sp³-hybridized carbons (Fsp3) is 0. The van der Waals surface area contributed by atoms with Crippen molar-refractivity contribution in [2.24, 2.45) is 0 Å². The SMILES string of the molecule is O=C(Nc1nc(-c2ccc(Br)s2)cs1)c1cccc([N+](=O)[O-])c1. The smallest absolute Gasteiger partial charge is 0.270 e. The maximum atomic E-state index is 12.2. The van der Waals surface area contributed by atoms with E-state index in [1.165, 1.54) is 35.6 Å². The lowest BCUT2D eigenvalue weighted by Crippen LogP contribution is -2.11. The van der Waals surface area contributed by atoms with Crippen molar-refractivity contribution in [3.63, 3.8) is 0 Å². The van der Waals surface area contributed by atoms with Gasteiger partial charge in [-0.05, 0) is 34.1 Å². The standard InChI is InChI=1S/C14H8BrN3O3S2/c15-12-5-4-11(23-12)10-7-22-14(16-10)17-13(19)8-2-1-3-9(6-8)18(20)21/h1-7H,(H,16,17,19). The van der Waals surface area contributed by atoms with Crippen LogP contribution in [-0.4, -0.2) is 15.8 Å². The summed E-state index contributed by atoms with van der Waals surface area (Å²) in [5.41, 5.74) is 0.871. The predicted octanol–water partition coefficient (Wildman–Crippen LogP) is 4.79. The summed E-state index contributed by atoms with van der Waals surface area (Å²) in [4.78, 5) is 27.7. The van der Waals surface area contributed by atoms with Gasteiger partial charge >= 0.3 is 0 Å². The molecule has 1 aromatic carbocycles. The number of carbonyl (C=O) groups excluding carboxylic acids is 1. The van der Waals surface area contributed by atoms with Gasteiger partial charge in [0.15, 0.2) is 5.13 Å². The van der Waals surface area contributed by atoms with Crippen molar-refractivity contribution < 1.29 is 9.72 Å². The Hall–Kier alpha value is -2.10. The van der Waals surface area contributed by atoms with Gasteiger partial charge in [0.05, 0.1) is 19.3 Å². The highest BCUT2D eigenvalue weighted by atomic mass is 79.9. The Morgan fingerprint density at radius 2 is 2.13 bits per heavy atom. The highest BCUT2D eigenvalue weighted by Crippen LogP contribution is 2.33. The van der Waals surface area contributed by atoms with E-state index < -0.39 is 10.8 Å². The quantitative estimate of drug-likeness (QED) is 0.495. The van der Waals surface area contributed by atoms with Crippen molar-refractivity contribution in [2.75, 3.05) is 5.32 Å². The van der Waals surface area contributed by atoms with E-state index in [9.17, 15) is 14.9 Å². The summed E-state index contributed by atoms with van der Waals surface area (Å²) in [6.45, 7) is 0. The van der Waals surface area contributed by atoms with Gasteiger partial charge in [-0.3, -0.25) is 20.2 Å². The van der Waals surface area contributed by atoms with Crippen LogP contribution in [0.4, 0.5) is 10.8 Å². The molecule has 3 aromatic rings. The van der Waals surface area contributed by atoms with E-state index in [0.29, 0.717) is 5.13 Å². The number of amides is 1. The van der Waals surface area contributed by atoms with E-state index in [1.54, 1.807) is 11.3 Å². The topological polar surface area (TPSA) is 85.1 Å². The maximum absolute atomic E-state index is 12.2. The van der Waals surface area contributed by atoms with Crippen molar-refractivity contribution in [3.05, 3.63) is 61.2 Å². The van der Waals surface area contributed by atoms with E-state index in [2.05, 4.69) is 26.2 Å². The van der Waals surface area contributed by atoms with Gasteiger partial charge < -0.3 is 0 Å². The van der Waals surface area contributed by atoms with E-state index in [0.717, 1.165) is 14.4 Å². The molecule has 2 heterocycles. The lowest BCUT2D eigenvalue weighted by molar-refractivity contribution is -0.384. The Balaban J connectivity index is 1.77. The molecule has 116 valence electrons. The third kappa shape index (κ3) is 3.63. The number of aromatic nitrogens is 1. The Kier molecular flexibility index (Phi) is 4.51. The first-order valence-electron chi connectivity index (χ1n) is 6.30. The average Bonchev–Trinajstić information content (AvgIpc) is 3.16. The first kappa shape index (κ1) is 15.8. The highest BCUT2D eigenvalue weighted by Gasteiger charge is 2.14. The number of hydrogen-bond donors (Lipinski definition) is 1. The highest BCUT2D eigenvalue weighted by molar-refractivity contribution is 9.11. The number of halogens is 1. The van der Waals surface area contributed by atoms with Crippen molar-refractivity contribution in [1.29, 1.82) is 0 Å². The Labute approximate surface area is 147 Å². The van der Waals surface area contributed by atoms with Gasteiger partial charge in [-0.1, -0.05) is 6.07 Å². The second-order valence-corrected chi connectivity index (χ2v) is 7.72. The first-order chi connectivity index (χ1) is 11.0. The fourth-order valence-electron chi connectivity index (χ4n) is 1.83. The van der Waals surface area contributed by atoms with E-state index in [-0.39, 0.29) is 11.3 Å². The number of carbonyl (C=O) groups is 1. The summed E-state index contributed by atoms with van der Waals surface area (Å²) in [5.74, 6) is -0.429. The molecule has 1 amide bonds. The zero-order valence-corrected chi connectivity index (χ0v) is 14.6. The molecular weight excluding hydrogens is 402 g/mol. The summed E-state index contributed by atoms with van der Waals surface area (Å²) < 4.78 is 1.00. The summed E-state index contributed by atoms with van der Waals surface area (Å²) in [6.07, 6.45) is 0. The number of thiophene rings is 1. The van der Waals surface area contributed by atoms with Crippen LogP contribution in [0.2, 0.25) is 0 Å². The normalized spacial score (nSPS) is 10.5. The number of rotatable bonds is 4. The number of hydrogen-bond acceptors (Lipinski definition) is 6. The number of nitro groups is 1. The molecule has 0 unspecified atom stereocenters. The van der Waals surface area contributed by atoms with Crippen LogP contribution >= 0.6 is 38.6 Å². The van der Waals surface area contributed by atoms with E-state index in [1.807, 2.05) is 17.5 Å². The molecule has 0 fully saturated rings. The minimum Gasteiger partial charge on any atom is -0.298 e. The molecule has 2 aromatic heterocycles. The molecule has 0 spiro atoms. The first-order valence-corrected chi connectivity index (χ1v) is 8.79. The molecule has 0 aliphatic rings. The number of anilines is 1. The maximum Gasteiger partial charge on any atom is 0.270 e. The van der Waals surface area contributed by atoms with Crippen molar-refractivity contribution in [3.8, 4) is 10.6 Å². The molecular formula is C14H8BrN3O3S2. The van der Waals surface area contributed by atoms with Crippen LogP contribution in [-0.2, 0) is 0 Å². The van der Waals surface area contributed by atoms with Crippen LogP contribution in [0.1, 0.15) is 10.4 Å². The van der Waals surface area contributed by atoms with Crippen molar-refractivity contribution in [2.45, 2.75) is 0 Å². The minimum absolute atomic E-state index is 0.124. The van der Waals surface area contributed by atoms with Crippen LogP contribution < -0.4 is 5.32 Å². The number of thiazole rings is 1. The minimum atomic E-state index is -0.535. The zero-order chi connectivity index (χ0) is 16.4. The van der Waals surface area contributed by atoms with Gasteiger partial charge in [0.2, 0.25) is 0 Å². The van der Waals surface area contributed by atoms with E-state index >= 15 is 0 Å². The van der Waals surface area contributed by atoms with E-state index in [4.69, 9.17) is 0 Å². The van der Waals surface area contributed by atoms with Gasteiger partial charge in [-0.2, -0.15) is 0 Å². The molecule has 0 saturated carbocycles. The van der Waals surface area contributed by atoms with Gasteiger partial charge in [-0.25, -0.2) is 4.98 Å². The molecule has 0 aliphatic heterocycles. The molecule has 6 nitrogen and oxygen atoms in total. The van der Waals surface area contributed by atoms with Crippen LogP contribution in [0, 0.1) is 10.1 Å². The summed E-state index contributed by atoms with van der Waals surface area (Å²) >= 11 is 6.24. The number of nitrogens with one attached hydrogen (secondary N) is 1. The Bertz CT molecular complexity index is 891. The number of benzene rings is 1. The van der Waals surface area contributed by atoms with Crippen molar-refractivity contribution in [1.82, 2.24) is 4.98 Å². The largest absolute Gasteiger partial charge is 0.298 e. The summed E-state index contributed by atoms with van der Waals surface area (Å²) in [6, 6.07) is 9.44. The molecule has 9 heteroatoms. The van der Waals surface area contributed by atoms with Crippen LogP contribution in [0.15, 0.2) is 45.6 Å². The molecule has 0 aliphatic carbocycles. The van der Waals surface area contributed by atoms with Gasteiger partial charge in [0.25, 0.3) is 11.6 Å². The molecule has 0 saturated heterocycles. The summed E-state index contributed by atoms with van der Waals surface area (Å²) in [5, 5.41) is 15.7. The Morgan fingerprint density at radius 3 is 2.83 bits per heavy atom. The van der Waals surface area contributed by atoms with Crippen LogP contribution in [0.25, 0.3) is 10.6 Å². The van der Waals surface area contributed by atoms with Gasteiger partial charge in [0.1, 0.15) is 0 Å². The average molecular weight is 410 g/mol. The third-order valence-corrected chi connectivity index (χ3v) is 5.27. The molecule has 0 radical (unpaired) electrons. The molecule has 0 atom stereocenters. The molecule has 0 bridgehead atoms. The third-order valence-electron chi connectivity index (χ3n) is 2.87.